The molecule has 120 valence electrons. The van der Waals surface area contributed by atoms with E-state index in [2.05, 4.69) is 13.8 Å². The molecule has 3 rings (SSSR count). The summed E-state index contributed by atoms with van der Waals surface area (Å²) >= 11 is 1.60. The summed E-state index contributed by atoms with van der Waals surface area (Å²) in [7, 11) is 0. The van der Waals surface area contributed by atoms with Gasteiger partial charge in [-0.3, -0.25) is 0 Å². The van der Waals surface area contributed by atoms with Crippen molar-refractivity contribution in [2.24, 2.45) is 11.3 Å². The number of thiophene rings is 1. The number of carbonyl (C=O) groups is 1. The number of hydrogen-bond donors (Lipinski definition) is 2. The van der Waals surface area contributed by atoms with Gasteiger partial charge in [0, 0.05) is 9.75 Å². The van der Waals surface area contributed by atoms with Crippen molar-refractivity contribution in [1.82, 2.24) is 0 Å². The molecule has 0 bridgehead atoms. The Morgan fingerprint density at radius 1 is 1.45 bits per heavy atom. The summed E-state index contributed by atoms with van der Waals surface area (Å²) in [5.41, 5.74) is 3.51. The molecule has 0 aromatic carbocycles. The maximum atomic E-state index is 11.9. The predicted octanol–water partition coefficient (Wildman–Crippen LogP) is 2.64. The molecule has 22 heavy (non-hydrogen) atoms. The quantitative estimate of drug-likeness (QED) is 0.833. The third-order valence-corrected chi connectivity index (χ3v) is 5.82. The van der Waals surface area contributed by atoms with Crippen LogP contribution in [-0.2, 0) is 22.4 Å². The lowest BCUT2D eigenvalue weighted by Crippen LogP contribution is -2.22. The van der Waals surface area contributed by atoms with Crippen molar-refractivity contribution in [3.63, 3.8) is 0 Å². The first-order valence-corrected chi connectivity index (χ1v) is 8.23. The molecule has 0 amide bonds. The number of carboxylic acids is 1. The van der Waals surface area contributed by atoms with Crippen molar-refractivity contribution >= 4 is 22.9 Å². The molecule has 5 nitrogen and oxygen atoms in total. The van der Waals surface area contributed by atoms with E-state index in [1.165, 1.54) is 4.88 Å². The van der Waals surface area contributed by atoms with Crippen LogP contribution in [0.2, 0.25) is 0 Å². The molecule has 0 spiro atoms. The minimum Gasteiger partial charge on any atom is -0.478 e. The SMILES string of the molecule is CC1(C)CCc2sc(C3=C(CON)COC3)c(C(=O)O)c2C1. The van der Waals surface area contributed by atoms with E-state index in [-0.39, 0.29) is 12.0 Å². The second-order valence-electron chi connectivity index (χ2n) is 6.74. The lowest BCUT2D eigenvalue weighted by molar-refractivity contribution is 0.0695. The van der Waals surface area contributed by atoms with Crippen LogP contribution in [-0.4, -0.2) is 30.9 Å². The second kappa shape index (κ2) is 5.77. The summed E-state index contributed by atoms with van der Waals surface area (Å²) in [6.07, 6.45) is 2.86. The number of aromatic carboxylic acids is 1. The summed E-state index contributed by atoms with van der Waals surface area (Å²) in [6, 6.07) is 0. The zero-order valence-electron chi connectivity index (χ0n) is 12.9. The van der Waals surface area contributed by atoms with Gasteiger partial charge in [0.05, 0.1) is 25.4 Å². The van der Waals surface area contributed by atoms with Crippen LogP contribution >= 0.6 is 11.3 Å². The van der Waals surface area contributed by atoms with E-state index in [1.807, 2.05) is 0 Å². The minimum absolute atomic E-state index is 0.152. The fourth-order valence-electron chi connectivity index (χ4n) is 3.28. The van der Waals surface area contributed by atoms with E-state index in [0.717, 1.165) is 40.8 Å². The van der Waals surface area contributed by atoms with Gasteiger partial charge in [0.25, 0.3) is 0 Å². The van der Waals surface area contributed by atoms with Crippen LogP contribution in [0.25, 0.3) is 5.57 Å². The summed E-state index contributed by atoms with van der Waals surface area (Å²) in [5.74, 6) is 4.33. The van der Waals surface area contributed by atoms with Gasteiger partial charge in [-0.25, -0.2) is 10.7 Å². The zero-order chi connectivity index (χ0) is 15.9. The highest BCUT2D eigenvalue weighted by Gasteiger charge is 2.34. The molecule has 1 aliphatic carbocycles. The topological polar surface area (TPSA) is 81.8 Å². The van der Waals surface area contributed by atoms with Gasteiger partial charge in [0.1, 0.15) is 0 Å². The number of ether oxygens (including phenoxy) is 1. The standard InChI is InChI=1S/C16H21NO4S/c1-16(2)4-3-12-10(5-16)13(15(18)19)14(22-12)11-8-20-6-9(11)7-21-17/h3-8,17H2,1-2H3,(H,18,19). The first-order valence-electron chi connectivity index (χ1n) is 7.41. The Hall–Kier alpha value is -1.21. The lowest BCUT2D eigenvalue weighted by Gasteiger charge is -2.29. The Bertz CT molecular complexity index is 645. The van der Waals surface area contributed by atoms with Crippen LogP contribution < -0.4 is 5.90 Å². The van der Waals surface area contributed by atoms with Gasteiger partial charge in [-0.05, 0) is 41.4 Å². The van der Waals surface area contributed by atoms with Gasteiger partial charge in [-0.2, -0.15) is 0 Å². The summed E-state index contributed by atoms with van der Waals surface area (Å²) < 4.78 is 5.49. The Labute approximate surface area is 133 Å². The fourth-order valence-corrected chi connectivity index (χ4v) is 4.67. The Morgan fingerprint density at radius 3 is 2.91 bits per heavy atom. The molecule has 1 aromatic rings. The number of rotatable bonds is 4. The zero-order valence-corrected chi connectivity index (χ0v) is 13.7. The minimum atomic E-state index is -0.849. The number of fused-ring (bicyclic) bond motifs is 1. The lowest BCUT2D eigenvalue weighted by atomic mass is 9.76. The summed E-state index contributed by atoms with van der Waals surface area (Å²) in [4.78, 5) is 18.6. The van der Waals surface area contributed by atoms with Gasteiger partial charge in [0.2, 0.25) is 0 Å². The molecular weight excluding hydrogens is 302 g/mol. The van der Waals surface area contributed by atoms with Crippen LogP contribution in [0.5, 0.6) is 0 Å². The van der Waals surface area contributed by atoms with Crippen molar-refractivity contribution in [3.8, 4) is 0 Å². The molecule has 0 atom stereocenters. The van der Waals surface area contributed by atoms with Gasteiger partial charge in [-0.1, -0.05) is 13.8 Å². The van der Waals surface area contributed by atoms with E-state index in [9.17, 15) is 9.90 Å². The van der Waals surface area contributed by atoms with Gasteiger partial charge in [0.15, 0.2) is 0 Å². The average Bonchev–Trinajstić information content (AvgIpc) is 3.01. The van der Waals surface area contributed by atoms with E-state index >= 15 is 0 Å². The van der Waals surface area contributed by atoms with Crippen LogP contribution in [0.15, 0.2) is 5.57 Å². The highest BCUT2D eigenvalue weighted by molar-refractivity contribution is 7.13. The van der Waals surface area contributed by atoms with Crippen LogP contribution in [0.3, 0.4) is 0 Å². The predicted molar refractivity (Wildman–Crippen MR) is 85.0 cm³/mol. The molecule has 3 N–H and O–H groups in total. The first kappa shape index (κ1) is 15.7. The number of nitrogens with two attached hydrogens (primary N) is 1. The maximum Gasteiger partial charge on any atom is 0.337 e. The molecular formula is C16H21NO4S. The summed E-state index contributed by atoms with van der Waals surface area (Å²) in [5, 5.41) is 9.74. The molecule has 6 heteroatoms. The molecule has 1 aliphatic heterocycles. The molecule has 2 heterocycles. The highest BCUT2D eigenvalue weighted by Crippen LogP contribution is 2.44. The number of carboxylic acid groups (broad SMARTS) is 1. The van der Waals surface area contributed by atoms with Crippen LogP contribution in [0.4, 0.5) is 0 Å². The van der Waals surface area contributed by atoms with Gasteiger partial charge >= 0.3 is 5.97 Å². The first-order chi connectivity index (χ1) is 10.4. The number of aryl methyl sites for hydroxylation is 1. The van der Waals surface area contributed by atoms with Gasteiger partial charge in [-0.15, -0.1) is 11.3 Å². The van der Waals surface area contributed by atoms with Crippen molar-refractivity contribution in [1.29, 1.82) is 0 Å². The molecule has 0 radical (unpaired) electrons. The Balaban J connectivity index is 2.12. The van der Waals surface area contributed by atoms with E-state index in [1.54, 1.807) is 11.3 Å². The maximum absolute atomic E-state index is 11.9. The van der Waals surface area contributed by atoms with E-state index < -0.39 is 5.97 Å². The summed E-state index contributed by atoms with van der Waals surface area (Å²) in [6.45, 7) is 5.57. The molecule has 2 aliphatic rings. The smallest absolute Gasteiger partial charge is 0.337 e. The van der Waals surface area contributed by atoms with Crippen molar-refractivity contribution in [2.45, 2.75) is 33.1 Å². The monoisotopic (exact) mass is 323 g/mol. The van der Waals surface area contributed by atoms with Crippen molar-refractivity contribution in [3.05, 3.63) is 26.5 Å². The van der Waals surface area contributed by atoms with E-state index in [4.69, 9.17) is 15.5 Å². The number of hydrogen-bond acceptors (Lipinski definition) is 5. The fraction of sp³-hybridized carbons (Fsp3) is 0.562. The Kier molecular flexibility index (Phi) is 4.11. The third-order valence-electron chi connectivity index (χ3n) is 4.47. The second-order valence-corrected chi connectivity index (χ2v) is 7.85. The van der Waals surface area contributed by atoms with E-state index in [0.29, 0.717) is 18.8 Å². The third kappa shape index (κ3) is 2.72. The van der Waals surface area contributed by atoms with Crippen LogP contribution in [0.1, 0.15) is 45.9 Å². The van der Waals surface area contributed by atoms with Crippen molar-refractivity contribution < 1.29 is 19.5 Å². The molecule has 0 saturated heterocycles. The normalized spacial score (nSPS) is 20.3. The Morgan fingerprint density at radius 2 is 2.23 bits per heavy atom. The van der Waals surface area contributed by atoms with Crippen molar-refractivity contribution in [2.75, 3.05) is 19.8 Å². The molecule has 0 fully saturated rings. The average molecular weight is 323 g/mol. The largest absolute Gasteiger partial charge is 0.478 e. The highest BCUT2D eigenvalue weighted by atomic mass is 32.1. The molecule has 0 unspecified atom stereocenters. The van der Waals surface area contributed by atoms with Gasteiger partial charge < -0.3 is 14.7 Å². The van der Waals surface area contributed by atoms with Crippen LogP contribution in [0, 0.1) is 5.41 Å². The molecule has 1 aromatic heterocycles. The molecule has 0 saturated carbocycles.